The fraction of sp³-hybridized carbons (Fsp3) is 0. The molecule has 4 nitrogen and oxygen atoms in total. The number of aromatic nitrogens is 3. The smallest absolute Gasteiger partial charge is 0.224 e. The summed E-state index contributed by atoms with van der Waals surface area (Å²) < 4.78 is 1.41. The van der Waals surface area contributed by atoms with E-state index in [2.05, 4.69) is 37.5 Å². The molecule has 0 atom stereocenters. The SMILES string of the molecule is Nc1nc(=S)nc(-c2ccc(I)cc2)[nH]1. The maximum absolute atomic E-state index is 5.55. The molecule has 3 N–H and O–H groups in total. The van der Waals surface area contributed by atoms with Crippen LogP contribution in [-0.2, 0) is 0 Å². The molecule has 0 aliphatic rings. The highest BCUT2D eigenvalue weighted by atomic mass is 127. The molecule has 0 aliphatic carbocycles. The van der Waals surface area contributed by atoms with E-state index in [-0.39, 0.29) is 10.7 Å². The summed E-state index contributed by atoms with van der Waals surface area (Å²) in [5, 5.41) is 0. The van der Waals surface area contributed by atoms with E-state index in [1.54, 1.807) is 0 Å². The van der Waals surface area contributed by atoms with Gasteiger partial charge >= 0.3 is 0 Å². The number of halogens is 1. The number of rotatable bonds is 1. The van der Waals surface area contributed by atoms with Gasteiger partial charge in [0.15, 0.2) is 0 Å². The predicted molar refractivity (Wildman–Crippen MR) is 69.8 cm³/mol. The van der Waals surface area contributed by atoms with Gasteiger partial charge in [-0.2, -0.15) is 4.98 Å². The van der Waals surface area contributed by atoms with Gasteiger partial charge in [0.1, 0.15) is 5.82 Å². The van der Waals surface area contributed by atoms with Crippen molar-refractivity contribution in [1.82, 2.24) is 15.0 Å². The zero-order valence-electron chi connectivity index (χ0n) is 7.57. The molecule has 0 bridgehead atoms. The number of nitrogens with zero attached hydrogens (tertiary/aromatic N) is 2. The Kier molecular flexibility index (Phi) is 2.96. The molecule has 0 aliphatic heterocycles. The van der Waals surface area contributed by atoms with Gasteiger partial charge in [0, 0.05) is 9.13 Å². The molecule has 2 rings (SSSR count). The maximum atomic E-state index is 5.55. The zero-order valence-corrected chi connectivity index (χ0v) is 10.5. The third-order valence-corrected chi connectivity index (χ3v) is 2.69. The van der Waals surface area contributed by atoms with Gasteiger partial charge in [0.05, 0.1) is 0 Å². The van der Waals surface area contributed by atoms with Crippen molar-refractivity contribution in [3.63, 3.8) is 0 Å². The summed E-state index contributed by atoms with van der Waals surface area (Å²) in [6, 6.07) is 7.89. The number of benzene rings is 1. The molecule has 76 valence electrons. The van der Waals surface area contributed by atoms with E-state index in [9.17, 15) is 0 Å². The average Bonchev–Trinajstić information content (AvgIpc) is 2.17. The number of hydrogen-bond donors (Lipinski definition) is 2. The number of aromatic amines is 1. The van der Waals surface area contributed by atoms with Crippen molar-refractivity contribution in [3.05, 3.63) is 32.6 Å². The number of anilines is 1. The van der Waals surface area contributed by atoms with Crippen LogP contribution in [0.4, 0.5) is 5.95 Å². The van der Waals surface area contributed by atoms with Crippen LogP contribution in [-0.4, -0.2) is 15.0 Å². The first kappa shape index (κ1) is 10.5. The molecule has 6 heteroatoms. The largest absolute Gasteiger partial charge is 0.369 e. The van der Waals surface area contributed by atoms with Crippen LogP contribution in [0, 0.1) is 8.34 Å². The zero-order chi connectivity index (χ0) is 10.8. The minimum absolute atomic E-state index is 0.250. The van der Waals surface area contributed by atoms with Crippen molar-refractivity contribution in [2.75, 3.05) is 5.73 Å². The second-order valence-corrected chi connectivity index (χ2v) is 4.48. The fourth-order valence-electron chi connectivity index (χ4n) is 1.15. The Labute approximate surface area is 105 Å². The van der Waals surface area contributed by atoms with E-state index in [4.69, 9.17) is 18.0 Å². The van der Waals surface area contributed by atoms with Crippen LogP contribution in [0.15, 0.2) is 24.3 Å². The lowest BCUT2D eigenvalue weighted by Gasteiger charge is -2.01. The predicted octanol–water partition coefficient (Wildman–Crippen LogP) is 2.39. The van der Waals surface area contributed by atoms with Gasteiger partial charge in [-0.1, -0.05) is 12.1 Å². The van der Waals surface area contributed by atoms with Crippen LogP contribution in [0.2, 0.25) is 0 Å². The third kappa shape index (κ3) is 2.51. The fourth-order valence-corrected chi connectivity index (χ4v) is 1.69. The van der Waals surface area contributed by atoms with Gasteiger partial charge in [-0.15, -0.1) is 0 Å². The van der Waals surface area contributed by atoms with Gasteiger partial charge in [-0.25, -0.2) is 4.98 Å². The molecule has 1 aromatic carbocycles. The number of H-pyrrole nitrogens is 1. The first-order valence-electron chi connectivity index (χ1n) is 4.15. The van der Waals surface area contributed by atoms with Crippen molar-refractivity contribution in [3.8, 4) is 11.4 Å². The molecule has 0 spiro atoms. The van der Waals surface area contributed by atoms with Crippen molar-refractivity contribution < 1.29 is 0 Å². The van der Waals surface area contributed by atoms with Crippen molar-refractivity contribution >= 4 is 40.8 Å². The van der Waals surface area contributed by atoms with Gasteiger partial charge < -0.3 is 10.7 Å². The molecular weight excluding hydrogens is 323 g/mol. The Morgan fingerprint density at radius 3 is 2.47 bits per heavy atom. The summed E-state index contributed by atoms with van der Waals surface area (Å²) in [7, 11) is 0. The second kappa shape index (κ2) is 4.23. The van der Waals surface area contributed by atoms with Crippen LogP contribution in [0.3, 0.4) is 0 Å². The first-order valence-corrected chi connectivity index (χ1v) is 5.63. The first-order chi connectivity index (χ1) is 7.15. The molecule has 0 radical (unpaired) electrons. The van der Waals surface area contributed by atoms with Crippen molar-refractivity contribution in [2.45, 2.75) is 0 Å². The second-order valence-electron chi connectivity index (χ2n) is 2.87. The number of nitrogens with one attached hydrogen (secondary N) is 1. The van der Waals surface area contributed by atoms with E-state index in [0.717, 1.165) is 9.13 Å². The summed E-state index contributed by atoms with van der Waals surface area (Å²) in [6.45, 7) is 0. The molecule has 0 saturated carbocycles. The number of nitrogen functional groups attached to an aromatic ring is 1. The highest BCUT2D eigenvalue weighted by molar-refractivity contribution is 14.1. The normalized spacial score (nSPS) is 10.2. The molecular formula is C9H7IN4S. The van der Waals surface area contributed by atoms with Gasteiger partial charge in [-0.3, -0.25) is 0 Å². The Morgan fingerprint density at radius 1 is 1.20 bits per heavy atom. The van der Waals surface area contributed by atoms with E-state index in [1.807, 2.05) is 24.3 Å². The topological polar surface area (TPSA) is 67.6 Å². The highest BCUT2D eigenvalue weighted by Crippen LogP contribution is 2.16. The summed E-state index contributed by atoms with van der Waals surface area (Å²) in [4.78, 5) is 10.8. The molecule has 0 amide bonds. The lowest BCUT2D eigenvalue weighted by Crippen LogP contribution is -1.99. The summed E-state index contributed by atoms with van der Waals surface area (Å²) in [5.41, 5.74) is 6.49. The standard InChI is InChI=1S/C9H7IN4S/c10-6-3-1-5(2-4-6)7-12-8(11)14-9(15)13-7/h1-4H,(H3,11,12,13,14,15). The lowest BCUT2D eigenvalue weighted by molar-refractivity contribution is 1.05. The van der Waals surface area contributed by atoms with Crippen LogP contribution in [0.1, 0.15) is 0 Å². The molecule has 1 heterocycles. The lowest BCUT2D eigenvalue weighted by atomic mass is 10.2. The van der Waals surface area contributed by atoms with Crippen LogP contribution in [0.25, 0.3) is 11.4 Å². The highest BCUT2D eigenvalue weighted by Gasteiger charge is 2.01. The summed E-state index contributed by atoms with van der Waals surface area (Å²) in [6.07, 6.45) is 0. The molecule has 15 heavy (non-hydrogen) atoms. The number of hydrogen-bond acceptors (Lipinski definition) is 4. The Balaban J connectivity index is 2.54. The van der Waals surface area contributed by atoms with E-state index in [1.165, 1.54) is 0 Å². The quantitative estimate of drug-likeness (QED) is 0.622. The monoisotopic (exact) mass is 330 g/mol. The van der Waals surface area contributed by atoms with Crippen molar-refractivity contribution in [1.29, 1.82) is 0 Å². The van der Waals surface area contributed by atoms with Gasteiger partial charge in [0.2, 0.25) is 10.7 Å². The van der Waals surface area contributed by atoms with E-state index < -0.39 is 0 Å². The van der Waals surface area contributed by atoms with Crippen molar-refractivity contribution in [2.24, 2.45) is 0 Å². The molecule has 0 fully saturated rings. The van der Waals surface area contributed by atoms with Gasteiger partial charge in [0.25, 0.3) is 0 Å². The Bertz CT molecular complexity index is 535. The summed E-state index contributed by atoms with van der Waals surface area (Å²) >= 11 is 7.13. The van der Waals surface area contributed by atoms with Crippen LogP contribution >= 0.6 is 34.8 Å². The minimum atomic E-state index is 0.250. The van der Waals surface area contributed by atoms with Crippen LogP contribution in [0.5, 0.6) is 0 Å². The maximum Gasteiger partial charge on any atom is 0.224 e. The summed E-state index contributed by atoms with van der Waals surface area (Å²) in [5.74, 6) is 0.924. The molecule has 2 aromatic rings. The molecule has 1 aromatic heterocycles. The minimum Gasteiger partial charge on any atom is -0.369 e. The van der Waals surface area contributed by atoms with E-state index in [0.29, 0.717) is 5.82 Å². The Morgan fingerprint density at radius 2 is 1.87 bits per heavy atom. The third-order valence-electron chi connectivity index (χ3n) is 1.79. The molecule has 0 unspecified atom stereocenters. The van der Waals surface area contributed by atoms with Gasteiger partial charge in [-0.05, 0) is 46.9 Å². The molecule has 0 saturated heterocycles. The van der Waals surface area contributed by atoms with E-state index >= 15 is 0 Å². The Hall–Kier alpha value is -1.02. The van der Waals surface area contributed by atoms with Crippen LogP contribution < -0.4 is 5.73 Å². The number of nitrogens with two attached hydrogens (primary N) is 1. The average molecular weight is 330 g/mol.